The van der Waals surface area contributed by atoms with Crippen LogP contribution < -0.4 is 20.8 Å². The van der Waals surface area contributed by atoms with Gasteiger partial charge >= 0.3 is 11.8 Å². The Hall–Kier alpha value is -4.18. The fraction of sp³-hybridized carbons (Fsp3) is 0.0800. The van der Waals surface area contributed by atoms with Crippen molar-refractivity contribution >= 4 is 55.9 Å². The van der Waals surface area contributed by atoms with E-state index in [4.69, 9.17) is 4.74 Å². The third kappa shape index (κ3) is 5.49. The Morgan fingerprint density at radius 2 is 1.69 bits per heavy atom. The van der Waals surface area contributed by atoms with E-state index < -0.39 is 23.5 Å². The van der Waals surface area contributed by atoms with Gasteiger partial charge in [0.15, 0.2) is 0 Å². The maximum Gasteiger partial charge on any atom is 0.328 e. The molecule has 0 spiro atoms. The fourth-order valence-electron chi connectivity index (χ4n) is 3.36. The highest BCUT2D eigenvalue weighted by Crippen LogP contribution is 2.24. The maximum absolute atomic E-state index is 14.1. The molecule has 8 nitrogen and oxygen atoms in total. The minimum Gasteiger partial charge on any atom is -0.494 e. The summed E-state index contributed by atoms with van der Waals surface area (Å²) in [5, 5.41) is 5.61. The van der Waals surface area contributed by atoms with Crippen molar-refractivity contribution in [2.45, 2.75) is 6.92 Å². The normalized spacial score (nSPS) is 10.6. The van der Waals surface area contributed by atoms with E-state index in [9.17, 15) is 18.8 Å². The first-order valence-corrected chi connectivity index (χ1v) is 11.4. The number of aromatic nitrogens is 1. The molecule has 4 rings (SSSR count). The van der Waals surface area contributed by atoms with Crippen molar-refractivity contribution in [2.75, 3.05) is 22.7 Å². The zero-order valence-electron chi connectivity index (χ0n) is 18.5. The van der Waals surface area contributed by atoms with E-state index in [0.717, 1.165) is 4.47 Å². The Morgan fingerprint density at radius 3 is 2.40 bits per heavy atom. The zero-order valence-corrected chi connectivity index (χ0v) is 20.1. The lowest BCUT2D eigenvalue weighted by Gasteiger charge is -2.13. The van der Waals surface area contributed by atoms with Gasteiger partial charge in [0.25, 0.3) is 5.91 Å². The summed E-state index contributed by atoms with van der Waals surface area (Å²) in [7, 11) is 0. The number of nitrogens with one attached hydrogen (secondary N) is 3. The largest absolute Gasteiger partial charge is 0.494 e. The molecule has 0 aliphatic rings. The number of benzene rings is 3. The molecule has 1 heterocycles. The number of halogens is 2. The zero-order chi connectivity index (χ0) is 24.9. The first-order valence-electron chi connectivity index (χ1n) is 10.6. The van der Waals surface area contributed by atoms with E-state index in [1.54, 1.807) is 48.5 Å². The number of amides is 3. The second-order valence-corrected chi connectivity index (χ2v) is 8.27. The lowest BCUT2D eigenvalue weighted by Crippen LogP contribution is -2.36. The third-order valence-electron chi connectivity index (χ3n) is 4.96. The number of para-hydroxylation sites is 1. The summed E-state index contributed by atoms with van der Waals surface area (Å²) in [4.78, 5) is 38.2. The monoisotopic (exact) mass is 538 g/mol. The van der Waals surface area contributed by atoms with Crippen molar-refractivity contribution in [2.24, 2.45) is 0 Å². The number of ether oxygens (including phenoxy) is 1. The molecule has 1 aromatic heterocycles. The fourth-order valence-corrected chi connectivity index (χ4v) is 3.74. The van der Waals surface area contributed by atoms with Crippen molar-refractivity contribution < 1.29 is 23.5 Å². The van der Waals surface area contributed by atoms with Crippen molar-refractivity contribution in [3.63, 3.8) is 0 Å². The molecule has 0 aliphatic heterocycles. The maximum atomic E-state index is 14.1. The SMILES string of the molecule is CCOc1ccc(NC(=O)C(=O)Nn2c(C(=O)Nc3ccccc3F)cc3cc(Br)ccc32)cc1. The van der Waals surface area contributed by atoms with Gasteiger partial charge in [0.1, 0.15) is 17.3 Å². The Labute approximate surface area is 208 Å². The van der Waals surface area contributed by atoms with Gasteiger partial charge in [-0.25, -0.2) is 9.07 Å². The molecule has 0 radical (unpaired) electrons. The second kappa shape index (κ2) is 10.4. The predicted molar refractivity (Wildman–Crippen MR) is 135 cm³/mol. The molecule has 3 amide bonds. The van der Waals surface area contributed by atoms with Gasteiger partial charge in [0.05, 0.1) is 17.8 Å². The minimum atomic E-state index is -1.00. The molecule has 0 saturated carbocycles. The number of hydrogen-bond acceptors (Lipinski definition) is 4. The van der Waals surface area contributed by atoms with Crippen LogP contribution in [-0.2, 0) is 9.59 Å². The van der Waals surface area contributed by atoms with Gasteiger partial charge in [-0.1, -0.05) is 28.1 Å². The van der Waals surface area contributed by atoms with Crippen molar-refractivity contribution in [3.8, 4) is 5.75 Å². The van der Waals surface area contributed by atoms with Crippen LogP contribution in [0.4, 0.5) is 15.8 Å². The molecule has 0 saturated heterocycles. The van der Waals surface area contributed by atoms with Crippen LogP contribution in [0.3, 0.4) is 0 Å². The van der Waals surface area contributed by atoms with Crippen molar-refractivity contribution in [3.05, 3.63) is 88.8 Å². The van der Waals surface area contributed by atoms with Crippen LogP contribution in [0.15, 0.2) is 77.3 Å². The van der Waals surface area contributed by atoms with Gasteiger partial charge in [-0.2, -0.15) is 0 Å². The van der Waals surface area contributed by atoms with Gasteiger partial charge in [0.2, 0.25) is 0 Å². The highest BCUT2D eigenvalue weighted by atomic mass is 79.9. The molecular formula is C25H20BrFN4O4. The van der Waals surface area contributed by atoms with E-state index in [1.165, 1.54) is 28.9 Å². The van der Waals surface area contributed by atoms with E-state index in [0.29, 0.717) is 28.9 Å². The number of rotatable bonds is 6. The van der Waals surface area contributed by atoms with Gasteiger partial charge in [-0.15, -0.1) is 0 Å². The van der Waals surface area contributed by atoms with Crippen LogP contribution in [0.2, 0.25) is 0 Å². The van der Waals surface area contributed by atoms with Crippen LogP contribution in [0.1, 0.15) is 17.4 Å². The number of anilines is 2. The Morgan fingerprint density at radius 1 is 0.943 bits per heavy atom. The van der Waals surface area contributed by atoms with E-state index >= 15 is 0 Å². The molecule has 10 heteroatoms. The lowest BCUT2D eigenvalue weighted by atomic mass is 10.2. The van der Waals surface area contributed by atoms with Crippen molar-refractivity contribution in [1.29, 1.82) is 0 Å². The van der Waals surface area contributed by atoms with Crippen LogP contribution in [0.5, 0.6) is 5.75 Å². The topological polar surface area (TPSA) is 101 Å². The van der Waals surface area contributed by atoms with Crippen LogP contribution >= 0.6 is 15.9 Å². The number of fused-ring (bicyclic) bond motifs is 1. The summed E-state index contributed by atoms with van der Waals surface area (Å²) in [5.74, 6) is -2.59. The van der Waals surface area contributed by atoms with E-state index in [2.05, 4.69) is 32.0 Å². The summed E-state index contributed by atoms with van der Waals surface area (Å²) in [6, 6.07) is 18.9. The summed E-state index contributed by atoms with van der Waals surface area (Å²) in [6.45, 7) is 2.36. The predicted octanol–water partition coefficient (Wildman–Crippen LogP) is 4.90. The van der Waals surface area contributed by atoms with Gasteiger partial charge < -0.3 is 15.4 Å². The quantitative estimate of drug-likeness (QED) is 0.304. The number of nitrogens with zero attached hydrogens (tertiary/aromatic N) is 1. The molecule has 3 aromatic carbocycles. The lowest BCUT2D eigenvalue weighted by molar-refractivity contribution is -0.133. The molecule has 0 aliphatic carbocycles. The van der Waals surface area contributed by atoms with Crippen molar-refractivity contribution in [1.82, 2.24) is 4.68 Å². The first-order chi connectivity index (χ1) is 16.9. The number of carbonyl (C=O) groups excluding carboxylic acids is 3. The standard InChI is InChI=1S/C25H20BrFN4O4/c1-2-35-18-10-8-17(9-11-18)28-24(33)25(34)30-31-21-12-7-16(26)13-15(21)14-22(31)23(32)29-20-6-4-3-5-19(20)27/h3-14H,2H2,1H3,(H,28,33)(H,29,32)(H,30,34). The molecule has 178 valence electrons. The summed E-state index contributed by atoms with van der Waals surface area (Å²) < 4.78 is 21.4. The first kappa shape index (κ1) is 24.0. The van der Waals surface area contributed by atoms with E-state index in [1.807, 2.05) is 6.92 Å². The van der Waals surface area contributed by atoms with Crippen LogP contribution in [-0.4, -0.2) is 29.0 Å². The molecular weight excluding hydrogens is 519 g/mol. The average molecular weight is 539 g/mol. The summed E-state index contributed by atoms with van der Waals surface area (Å²) in [5.41, 5.74) is 3.30. The summed E-state index contributed by atoms with van der Waals surface area (Å²) >= 11 is 3.37. The Bertz CT molecular complexity index is 1420. The highest BCUT2D eigenvalue weighted by Gasteiger charge is 2.22. The van der Waals surface area contributed by atoms with Gasteiger partial charge in [-0.3, -0.25) is 19.8 Å². The Kier molecular flexibility index (Phi) is 7.11. The number of hydrogen-bond donors (Lipinski definition) is 3. The minimum absolute atomic E-state index is 0.00331. The third-order valence-corrected chi connectivity index (χ3v) is 5.45. The average Bonchev–Trinajstić information content (AvgIpc) is 3.19. The molecule has 4 aromatic rings. The second-order valence-electron chi connectivity index (χ2n) is 7.35. The molecule has 0 atom stereocenters. The molecule has 3 N–H and O–H groups in total. The smallest absolute Gasteiger partial charge is 0.328 e. The Balaban J connectivity index is 1.58. The van der Waals surface area contributed by atoms with Gasteiger partial charge in [-0.05, 0) is 67.6 Å². The highest BCUT2D eigenvalue weighted by molar-refractivity contribution is 9.10. The van der Waals surface area contributed by atoms with E-state index in [-0.39, 0.29) is 11.4 Å². The molecule has 0 fully saturated rings. The molecule has 0 unspecified atom stereocenters. The van der Waals surface area contributed by atoms with Crippen LogP contribution in [0.25, 0.3) is 10.9 Å². The molecule has 35 heavy (non-hydrogen) atoms. The van der Waals surface area contributed by atoms with Gasteiger partial charge in [0, 0.05) is 15.5 Å². The summed E-state index contributed by atoms with van der Waals surface area (Å²) in [6.07, 6.45) is 0. The number of carbonyl (C=O) groups is 3. The molecule has 0 bridgehead atoms. The van der Waals surface area contributed by atoms with Crippen LogP contribution in [0, 0.1) is 5.82 Å².